The van der Waals surface area contributed by atoms with Crippen LogP contribution in [-0.4, -0.2) is 18.9 Å². The summed E-state index contributed by atoms with van der Waals surface area (Å²) in [4.78, 5) is 13.1. The number of carbonyl (C=O) groups excluding carboxylic acids is 1. The molecule has 0 bridgehead atoms. The maximum Gasteiger partial charge on any atom is 0.238 e. The fourth-order valence-corrected chi connectivity index (χ4v) is 0.592. The third kappa shape index (κ3) is 1.68. The molecular weight excluding hydrogens is 118 g/mol. The summed E-state index contributed by atoms with van der Waals surface area (Å²) in [6.07, 6.45) is 4.82. The Morgan fingerprint density at radius 1 is 1.78 bits per heavy atom. The first-order valence-electron chi connectivity index (χ1n) is 2.65. The van der Waals surface area contributed by atoms with E-state index in [9.17, 15) is 4.79 Å². The van der Waals surface area contributed by atoms with E-state index in [0.29, 0.717) is 0 Å². The molecule has 0 saturated carbocycles. The second-order valence-electron chi connectivity index (χ2n) is 1.60. The van der Waals surface area contributed by atoms with Gasteiger partial charge in [0.15, 0.2) is 6.29 Å². The molecule has 0 aromatic rings. The highest BCUT2D eigenvalue weighted by Crippen LogP contribution is 1.84. The number of hydrogen-bond acceptors (Lipinski definition) is 4. The molecular formula is C5H7N3O. The van der Waals surface area contributed by atoms with E-state index in [4.69, 9.17) is 0 Å². The first-order chi connectivity index (χ1) is 4.43. The molecule has 1 atom stereocenters. The van der Waals surface area contributed by atoms with E-state index < -0.39 is 0 Å². The molecule has 0 fully saturated rings. The molecule has 0 saturated heterocycles. The molecule has 2 N–H and O–H groups in total. The zero-order valence-corrected chi connectivity index (χ0v) is 4.79. The van der Waals surface area contributed by atoms with E-state index in [1.807, 2.05) is 6.08 Å². The Morgan fingerprint density at radius 2 is 2.67 bits per heavy atom. The number of aliphatic imine (C=N–C) groups is 1. The lowest BCUT2D eigenvalue weighted by Gasteiger charge is -2.14. The highest BCUT2D eigenvalue weighted by Gasteiger charge is 2.02. The van der Waals surface area contributed by atoms with Crippen molar-refractivity contribution >= 4 is 6.08 Å². The Kier molecular flexibility index (Phi) is 2.01. The minimum absolute atomic E-state index is 0.285. The quantitative estimate of drug-likeness (QED) is 0.360. The third-order valence-corrected chi connectivity index (χ3v) is 0.983. The van der Waals surface area contributed by atoms with E-state index in [-0.39, 0.29) is 6.29 Å². The standard InChI is InChI=1S/C5H7N3O/c9-4-8-5-6-2-1-3-7-5/h1-2,5-7H,3H2. The van der Waals surface area contributed by atoms with Gasteiger partial charge in [-0.3, -0.25) is 5.32 Å². The number of nitrogens with one attached hydrogen (secondary N) is 2. The van der Waals surface area contributed by atoms with Crippen molar-refractivity contribution < 1.29 is 4.79 Å². The summed E-state index contributed by atoms with van der Waals surface area (Å²) in [5.41, 5.74) is 0. The van der Waals surface area contributed by atoms with Crippen LogP contribution in [0.25, 0.3) is 0 Å². The highest BCUT2D eigenvalue weighted by molar-refractivity contribution is 5.33. The first kappa shape index (κ1) is 6.01. The van der Waals surface area contributed by atoms with Gasteiger partial charge in [0.2, 0.25) is 6.08 Å². The molecule has 9 heavy (non-hydrogen) atoms. The van der Waals surface area contributed by atoms with E-state index in [0.717, 1.165) is 6.54 Å². The van der Waals surface area contributed by atoms with Crippen LogP contribution in [0.1, 0.15) is 0 Å². The topological polar surface area (TPSA) is 53.5 Å². The van der Waals surface area contributed by atoms with Crippen molar-refractivity contribution in [3.05, 3.63) is 12.3 Å². The molecule has 1 heterocycles. The molecule has 1 unspecified atom stereocenters. The van der Waals surface area contributed by atoms with E-state index >= 15 is 0 Å². The van der Waals surface area contributed by atoms with Gasteiger partial charge in [0.05, 0.1) is 0 Å². The fraction of sp³-hybridized carbons (Fsp3) is 0.400. The Morgan fingerprint density at radius 3 is 3.22 bits per heavy atom. The van der Waals surface area contributed by atoms with Gasteiger partial charge in [0.1, 0.15) is 0 Å². The molecule has 0 amide bonds. The van der Waals surface area contributed by atoms with Crippen molar-refractivity contribution in [2.45, 2.75) is 6.29 Å². The molecule has 0 aliphatic carbocycles. The van der Waals surface area contributed by atoms with Gasteiger partial charge in [-0.1, -0.05) is 6.08 Å². The van der Waals surface area contributed by atoms with Gasteiger partial charge in [0, 0.05) is 6.54 Å². The summed E-state index contributed by atoms with van der Waals surface area (Å²) in [6, 6.07) is 0. The Labute approximate surface area is 52.7 Å². The number of nitrogens with zero attached hydrogens (tertiary/aromatic N) is 1. The molecule has 0 aromatic heterocycles. The second kappa shape index (κ2) is 3.02. The third-order valence-electron chi connectivity index (χ3n) is 0.983. The molecule has 1 aliphatic rings. The SMILES string of the molecule is O=C=NC1NC=CCN1. The molecule has 48 valence electrons. The van der Waals surface area contributed by atoms with Gasteiger partial charge < -0.3 is 5.32 Å². The van der Waals surface area contributed by atoms with Gasteiger partial charge in [-0.25, -0.2) is 4.79 Å². The predicted molar refractivity (Wildman–Crippen MR) is 32.2 cm³/mol. The Hall–Kier alpha value is -1.12. The van der Waals surface area contributed by atoms with Crippen LogP contribution in [-0.2, 0) is 4.79 Å². The van der Waals surface area contributed by atoms with Gasteiger partial charge in [0.25, 0.3) is 0 Å². The van der Waals surface area contributed by atoms with Crippen LogP contribution in [0.3, 0.4) is 0 Å². The van der Waals surface area contributed by atoms with Crippen LogP contribution in [0.5, 0.6) is 0 Å². The van der Waals surface area contributed by atoms with E-state index in [2.05, 4.69) is 15.6 Å². The maximum atomic E-state index is 9.68. The highest BCUT2D eigenvalue weighted by atomic mass is 16.1. The number of hydrogen-bond donors (Lipinski definition) is 2. The summed E-state index contributed by atoms with van der Waals surface area (Å²) >= 11 is 0. The molecule has 0 aromatic carbocycles. The van der Waals surface area contributed by atoms with Crippen molar-refractivity contribution in [1.82, 2.24) is 10.6 Å². The van der Waals surface area contributed by atoms with Crippen molar-refractivity contribution in [2.75, 3.05) is 6.54 Å². The molecule has 1 aliphatic heterocycles. The monoisotopic (exact) mass is 125 g/mol. The Balaban J connectivity index is 2.43. The van der Waals surface area contributed by atoms with Crippen LogP contribution in [0, 0.1) is 0 Å². The van der Waals surface area contributed by atoms with Gasteiger partial charge >= 0.3 is 0 Å². The molecule has 4 nitrogen and oxygen atoms in total. The van der Waals surface area contributed by atoms with E-state index in [1.165, 1.54) is 6.08 Å². The predicted octanol–water partition coefficient (Wildman–Crippen LogP) is -0.688. The average molecular weight is 125 g/mol. The van der Waals surface area contributed by atoms with Crippen molar-refractivity contribution in [2.24, 2.45) is 4.99 Å². The smallest absolute Gasteiger partial charge is 0.238 e. The molecule has 4 heteroatoms. The molecule has 0 spiro atoms. The summed E-state index contributed by atoms with van der Waals surface area (Å²) in [6.45, 7) is 0.739. The summed E-state index contributed by atoms with van der Waals surface area (Å²) < 4.78 is 0. The second-order valence-corrected chi connectivity index (χ2v) is 1.60. The number of rotatable bonds is 1. The minimum atomic E-state index is -0.285. The lowest BCUT2D eigenvalue weighted by Crippen LogP contribution is -2.40. The van der Waals surface area contributed by atoms with Crippen molar-refractivity contribution in [1.29, 1.82) is 0 Å². The largest absolute Gasteiger partial charge is 0.357 e. The summed E-state index contributed by atoms with van der Waals surface area (Å²) in [5.74, 6) is 0. The molecule has 1 rings (SSSR count). The Bertz CT molecular complexity index is 160. The minimum Gasteiger partial charge on any atom is -0.357 e. The summed E-state index contributed by atoms with van der Waals surface area (Å²) in [7, 11) is 0. The normalized spacial score (nSPS) is 24.2. The fourth-order valence-electron chi connectivity index (χ4n) is 0.592. The van der Waals surface area contributed by atoms with Crippen molar-refractivity contribution in [3.8, 4) is 0 Å². The van der Waals surface area contributed by atoms with Crippen molar-refractivity contribution in [3.63, 3.8) is 0 Å². The van der Waals surface area contributed by atoms with Crippen LogP contribution in [0.2, 0.25) is 0 Å². The maximum absolute atomic E-state index is 9.68. The van der Waals surface area contributed by atoms with Crippen LogP contribution in [0.4, 0.5) is 0 Å². The van der Waals surface area contributed by atoms with Crippen LogP contribution in [0.15, 0.2) is 17.3 Å². The van der Waals surface area contributed by atoms with Crippen LogP contribution >= 0.6 is 0 Å². The average Bonchev–Trinajstić information content (AvgIpc) is 1.91. The van der Waals surface area contributed by atoms with Gasteiger partial charge in [-0.15, -0.1) is 0 Å². The number of isocyanates is 1. The first-order valence-corrected chi connectivity index (χ1v) is 2.65. The zero-order chi connectivity index (χ0) is 6.53. The van der Waals surface area contributed by atoms with E-state index in [1.54, 1.807) is 6.20 Å². The summed E-state index contributed by atoms with van der Waals surface area (Å²) in [5, 5.41) is 5.69. The van der Waals surface area contributed by atoms with Gasteiger partial charge in [-0.05, 0) is 6.20 Å². The lowest BCUT2D eigenvalue weighted by molar-refractivity contribution is 0.485. The zero-order valence-electron chi connectivity index (χ0n) is 4.79. The molecule has 0 radical (unpaired) electrons. The lowest BCUT2D eigenvalue weighted by atomic mass is 10.5. The van der Waals surface area contributed by atoms with Gasteiger partial charge in [-0.2, -0.15) is 4.99 Å². The van der Waals surface area contributed by atoms with Crippen LogP contribution < -0.4 is 10.6 Å².